The predicted molar refractivity (Wildman–Crippen MR) is 62.2 cm³/mol. The Balaban J connectivity index is 2.58. The van der Waals surface area contributed by atoms with E-state index < -0.39 is 9.84 Å². The molecule has 0 aliphatic carbocycles. The van der Waals surface area contributed by atoms with E-state index in [9.17, 15) is 13.2 Å². The molecule has 0 radical (unpaired) electrons. The maximum Gasteiger partial charge on any atom is 0.187 e. The lowest BCUT2D eigenvalue weighted by molar-refractivity contribution is 0.102. The third-order valence-corrected chi connectivity index (χ3v) is 4.48. The van der Waals surface area contributed by atoms with Gasteiger partial charge in [0.1, 0.15) is 5.75 Å². The Morgan fingerprint density at radius 3 is 2.73 bits per heavy atom. The summed E-state index contributed by atoms with van der Waals surface area (Å²) in [6.45, 7) is 1.93. The molecule has 0 aliphatic rings. The molecule has 3 nitrogen and oxygen atoms in total. The van der Waals surface area contributed by atoms with Gasteiger partial charge >= 0.3 is 0 Å². The van der Waals surface area contributed by atoms with Crippen molar-refractivity contribution in [1.29, 1.82) is 0 Å². The normalized spacial score (nSPS) is 11.5. The summed E-state index contributed by atoms with van der Waals surface area (Å²) < 4.78 is 23.0. The summed E-state index contributed by atoms with van der Waals surface area (Å²) in [6.07, 6.45) is 1.45. The molecule has 0 aromatic carbocycles. The van der Waals surface area contributed by atoms with E-state index >= 15 is 0 Å². The van der Waals surface area contributed by atoms with Crippen LogP contribution in [0.5, 0.6) is 0 Å². The second-order valence-electron chi connectivity index (χ2n) is 3.35. The largest absolute Gasteiger partial charge is 0.292 e. The molecule has 0 spiro atoms. The highest BCUT2D eigenvalue weighted by Gasteiger charge is 2.17. The Bertz CT molecular complexity index is 404. The lowest BCUT2D eigenvalue weighted by Gasteiger charge is -2.00. The number of Topliss-reactive ketones (excluding diaryl/α,β-unsaturated/α-hetero) is 1. The lowest BCUT2D eigenvalue weighted by atomic mass is 10.4. The quantitative estimate of drug-likeness (QED) is 0.723. The first-order valence-corrected chi connectivity index (χ1v) is 7.52. The molecule has 15 heavy (non-hydrogen) atoms. The van der Waals surface area contributed by atoms with E-state index in [4.69, 9.17) is 0 Å². The minimum Gasteiger partial charge on any atom is -0.292 e. The molecule has 0 fully saturated rings. The summed E-state index contributed by atoms with van der Waals surface area (Å²) in [5.41, 5.74) is 0. The highest BCUT2D eigenvalue weighted by Crippen LogP contribution is 2.11. The van der Waals surface area contributed by atoms with Crippen molar-refractivity contribution in [3.05, 3.63) is 22.4 Å². The van der Waals surface area contributed by atoms with Gasteiger partial charge in [0, 0.05) is 0 Å². The number of hydrogen-bond acceptors (Lipinski definition) is 4. The number of hydrogen-bond donors (Lipinski definition) is 0. The fourth-order valence-corrected chi connectivity index (χ4v) is 3.33. The van der Waals surface area contributed by atoms with Crippen molar-refractivity contribution in [2.75, 3.05) is 11.5 Å². The first kappa shape index (κ1) is 12.4. The fourth-order valence-electron chi connectivity index (χ4n) is 1.14. The minimum atomic E-state index is -3.21. The third-order valence-electron chi connectivity index (χ3n) is 1.96. The molecule has 0 unspecified atom stereocenters. The van der Waals surface area contributed by atoms with Crippen LogP contribution in [0.1, 0.15) is 29.4 Å². The minimum absolute atomic E-state index is 0.112. The summed E-state index contributed by atoms with van der Waals surface area (Å²) in [6, 6.07) is 3.40. The zero-order valence-corrected chi connectivity index (χ0v) is 10.2. The van der Waals surface area contributed by atoms with E-state index in [2.05, 4.69) is 0 Å². The van der Waals surface area contributed by atoms with Gasteiger partial charge < -0.3 is 0 Å². The molecule has 1 aromatic rings. The second-order valence-corrected chi connectivity index (χ2v) is 6.48. The second kappa shape index (κ2) is 5.42. The van der Waals surface area contributed by atoms with Crippen LogP contribution in [0.4, 0.5) is 0 Å². The molecule has 1 aromatic heterocycles. The standard InChI is InChI=1S/C10H14O3S2/c1-2-3-7-15(12,13)8-9(11)10-5-4-6-14-10/h4-6H,2-3,7-8H2,1H3. The van der Waals surface area contributed by atoms with Crippen molar-refractivity contribution in [1.82, 2.24) is 0 Å². The van der Waals surface area contributed by atoms with Crippen LogP contribution in [-0.2, 0) is 9.84 Å². The Morgan fingerprint density at radius 2 is 2.20 bits per heavy atom. The smallest absolute Gasteiger partial charge is 0.187 e. The van der Waals surface area contributed by atoms with Gasteiger partial charge in [0.2, 0.25) is 0 Å². The highest BCUT2D eigenvalue weighted by molar-refractivity contribution is 7.92. The summed E-state index contributed by atoms with van der Waals surface area (Å²) in [7, 11) is -3.21. The van der Waals surface area contributed by atoms with E-state index in [0.717, 1.165) is 6.42 Å². The van der Waals surface area contributed by atoms with Crippen LogP contribution < -0.4 is 0 Å². The average Bonchev–Trinajstić information content (AvgIpc) is 2.67. The Labute approximate surface area is 94.0 Å². The first-order chi connectivity index (χ1) is 7.05. The van der Waals surface area contributed by atoms with E-state index in [1.807, 2.05) is 6.92 Å². The van der Waals surface area contributed by atoms with Crippen LogP contribution in [0, 0.1) is 0 Å². The molecule has 0 amide bonds. The van der Waals surface area contributed by atoms with Crippen molar-refractivity contribution >= 4 is 27.0 Å². The van der Waals surface area contributed by atoms with Gasteiger partial charge in [-0.15, -0.1) is 11.3 Å². The molecule has 84 valence electrons. The Kier molecular flexibility index (Phi) is 4.47. The van der Waals surface area contributed by atoms with E-state index in [0.29, 0.717) is 11.3 Å². The Hall–Kier alpha value is -0.680. The maximum absolute atomic E-state index is 11.5. The van der Waals surface area contributed by atoms with E-state index in [-0.39, 0.29) is 17.3 Å². The molecule has 1 heterocycles. The van der Waals surface area contributed by atoms with Gasteiger partial charge in [-0.3, -0.25) is 4.79 Å². The van der Waals surface area contributed by atoms with Gasteiger partial charge in [-0.2, -0.15) is 0 Å². The number of sulfone groups is 1. The van der Waals surface area contributed by atoms with Crippen LogP contribution >= 0.6 is 11.3 Å². The molecule has 0 bridgehead atoms. The van der Waals surface area contributed by atoms with Gasteiger partial charge in [-0.05, 0) is 17.9 Å². The number of rotatable bonds is 6. The summed E-state index contributed by atoms with van der Waals surface area (Å²) >= 11 is 1.28. The molecule has 0 N–H and O–H groups in total. The zero-order chi connectivity index (χ0) is 11.3. The maximum atomic E-state index is 11.5. The van der Waals surface area contributed by atoms with Crippen LogP contribution in [0.25, 0.3) is 0 Å². The number of carbonyl (C=O) groups is 1. The fraction of sp³-hybridized carbons (Fsp3) is 0.500. The predicted octanol–water partition coefficient (Wildman–Crippen LogP) is 2.15. The van der Waals surface area contributed by atoms with Crippen LogP contribution in [0.3, 0.4) is 0 Å². The monoisotopic (exact) mass is 246 g/mol. The van der Waals surface area contributed by atoms with Crippen molar-refractivity contribution < 1.29 is 13.2 Å². The van der Waals surface area contributed by atoms with E-state index in [1.165, 1.54) is 11.3 Å². The van der Waals surface area contributed by atoms with Crippen molar-refractivity contribution in [3.8, 4) is 0 Å². The lowest BCUT2D eigenvalue weighted by Crippen LogP contribution is -2.18. The van der Waals surface area contributed by atoms with Gasteiger partial charge in [0.15, 0.2) is 15.6 Å². The van der Waals surface area contributed by atoms with Gasteiger partial charge in [-0.25, -0.2) is 8.42 Å². The SMILES string of the molecule is CCCCS(=O)(=O)CC(=O)c1cccs1. The molecular formula is C10H14O3S2. The van der Waals surface area contributed by atoms with Crippen molar-refractivity contribution in [2.45, 2.75) is 19.8 Å². The molecule has 5 heteroatoms. The summed E-state index contributed by atoms with van der Waals surface area (Å²) in [5, 5.41) is 1.77. The number of unbranched alkanes of at least 4 members (excludes halogenated alkanes) is 1. The topological polar surface area (TPSA) is 51.2 Å². The summed E-state index contributed by atoms with van der Waals surface area (Å²) in [4.78, 5) is 12.0. The highest BCUT2D eigenvalue weighted by atomic mass is 32.2. The van der Waals surface area contributed by atoms with Crippen LogP contribution in [0.2, 0.25) is 0 Å². The number of ketones is 1. The van der Waals surface area contributed by atoms with E-state index in [1.54, 1.807) is 17.5 Å². The van der Waals surface area contributed by atoms with Crippen LogP contribution in [0.15, 0.2) is 17.5 Å². The van der Waals surface area contributed by atoms with Crippen molar-refractivity contribution in [3.63, 3.8) is 0 Å². The molecular weight excluding hydrogens is 232 g/mol. The molecule has 0 saturated heterocycles. The average molecular weight is 246 g/mol. The number of thiophene rings is 1. The summed E-state index contributed by atoms with van der Waals surface area (Å²) in [5.74, 6) is -0.533. The molecule has 0 atom stereocenters. The van der Waals surface area contributed by atoms with Gasteiger partial charge in [-0.1, -0.05) is 19.4 Å². The number of carbonyl (C=O) groups excluding carboxylic acids is 1. The first-order valence-electron chi connectivity index (χ1n) is 4.82. The molecule has 0 saturated carbocycles. The molecule has 0 aliphatic heterocycles. The zero-order valence-electron chi connectivity index (χ0n) is 8.60. The third kappa shape index (κ3) is 4.13. The van der Waals surface area contributed by atoms with Gasteiger partial charge in [0.25, 0.3) is 0 Å². The Morgan fingerprint density at radius 1 is 1.47 bits per heavy atom. The van der Waals surface area contributed by atoms with Gasteiger partial charge in [0.05, 0.1) is 10.6 Å². The molecule has 1 rings (SSSR count). The van der Waals surface area contributed by atoms with Crippen LogP contribution in [-0.4, -0.2) is 25.7 Å². The van der Waals surface area contributed by atoms with Crippen molar-refractivity contribution in [2.24, 2.45) is 0 Å².